The fraction of sp³-hybridized carbons (Fsp3) is 0.500. The van der Waals surface area contributed by atoms with Crippen molar-refractivity contribution in [3.8, 4) is 0 Å². The van der Waals surface area contributed by atoms with Crippen LogP contribution in [0.25, 0.3) is 11.1 Å². The maximum atomic E-state index is 12.3. The van der Waals surface area contributed by atoms with Crippen LogP contribution >= 0.6 is 0 Å². The fourth-order valence-corrected chi connectivity index (χ4v) is 4.14. The van der Waals surface area contributed by atoms with E-state index in [2.05, 4.69) is 55.3 Å². The lowest BCUT2D eigenvalue weighted by molar-refractivity contribution is 0.0187. The molecule has 1 fully saturated rings. The summed E-state index contributed by atoms with van der Waals surface area (Å²) in [6.45, 7) is 13.7. The largest absolute Gasteiger partial charge is 0.379 e. The van der Waals surface area contributed by atoms with E-state index in [0.29, 0.717) is 0 Å². The fourth-order valence-electron chi connectivity index (χ4n) is 4.14. The monoisotopic (exact) mass is 354 g/mol. The van der Waals surface area contributed by atoms with Crippen LogP contribution in [0.3, 0.4) is 0 Å². The topological polar surface area (TPSA) is 34.0 Å². The van der Waals surface area contributed by atoms with Gasteiger partial charge in [0, 0.05) is 42.1 Å². The summed E-state index contributed by atoms with van der Waals surface area (Å²) in [7, 11) is 0. The van der Waals surface area contributed by atoms with E-state index in [-0.39, 0.29) is 11.8 Å². The van der Waals surface area contributed by atoms with E-state index >= 15 is 0 Å². The van der Waals surface area contributed by atoms with Crippen LogP contribution in [0.5, 0.6) is 0 Å². The molecule has 0 bridgehead atoms. The third-order valence-electron chi connectivity index (χ3n) is 5.66. The Kier molecular flexibility index (Phi) is 5.64. The second kappa shape index (κ2) is 7.77. The number of ketones is 1. The van der Waals surface area contributed by atoms with Gasteiger partial charge in [0.2, 0.25) is 0 Å². The Balaban J connectivity index is 2.20. The van der Waals surface area contributed by atoms with E-state index < -0.39 is 0 Å². The number of morpholine rings is 1. The molecule has 3 rings (SSSR count). The Morgan fingerprint density at radius 2 is 2.00 bits per heavy atom. The number of Topliss-reactive ketones (excluding diaryl/α,β-unsaturated/α-hetero) is 1. The molecule has 26 heavy (non-hydrogen) atoms. The van der Waals surface area contributed by atoms with Crippen LogP contribution in [-0.4, -0.2) is 41.4 Å². The van der Waals surface area contributed by atoms with Gasteiger partial charge in [-0.3, -0.25) is 9.69 Å². The second-order valence-electron chi connectivity index (χ2n) is 7.14. The summed E-state index contributed by atoms with van der Waals surface area (Å²) >= 11 is 0. The van der Waals surface area contributed by atoms with E-state index in [0.717, 1.165) is 49.4 Å². The van der Waals surface area contributed by atoms with E-state index in [9.17, 15) is 4.79 Å². The summed E-state index contributed by atoms with van der Waals surface area (Å²) in [5, 5.41) is 0. The van der Waals surface area contributed by atoms with E-state index in [1.807, 2.05) is 6.07 Å². The molecule has 1 atom stereocenters. The SMILES string of the molecule is C/C=C(\CC)c1cc2cc(C(C)=O)c(C)c(C(C)N3CCOCC3)n2c1. The molecule has 4 nitrogen and oxygen atoms in total. The van der Waals surface area contributed by atoms with Crippen molar-refractivity contribution in [2.45, 2.75) is 47.1 Å². The smallest absolute Gasteiger partial charge is 0.160 e. The van der Waals surface area contributed by atoms with Crippen molar-refractivity contribution >= 4 is 16.9 Å². The number of nitrogens with zero attached hydrogens (tertiary/aromatic N) is 2. The zero-order chi connectivity index (χ0) is 18.8. The van der Waals surface area contributed by atoms with Gasteiger partial charge >= 0.3 is 0 Å². The first-order chi connectivity index (χ1) is 12.5. The number of pyridine rings is 1. The third kappa shape index (κ3) is 3.36. The van der Waals surface area contributed by atoms with Crippen molar-refractivity contribution in [3.05, 3.63) is 46.8 Å². The van der Waals surface area contributed by atoms with Crippen molar-refractivity contribution in [2.24, 2.45) is 0 Å². The molecule has 140 valence electrons. The lowest BCUT2D eigenvalue weighted by Gasteiger charge is -2.34. The Labute approximate surface area is 156 Å². The number of allylic oxidation sites excluding steroid dienone is 2. The molecule has 3 heterocycles. The molecular formula is C22H30N2O2. The summed E-state index contributed by atoms with van der Waals surface area (Å²) in [6.07, 6.45) is 5.41. The van der Waals surface area contributed by atoms with Gasteiger partial charge in [-0.15, -0.1) is 0 Å². The number of rotatable bonds is 5. The molecule has 0 radical (unpaired) electrons. The van der Waals surface area contributed by atoms with Crippen molar-refractivity contribution < 1.29 is 9.53 Å². The van der Waals surface area contributed by atoms with E-state index in [1.165, 1.54) is 16.8 Å². The molecule has 0 aromatic carbocycles. The zero-order valence-corrected chi connectivity index (χ0v) is 16.6. The molecule has 1 aliphatic rings. The minimum Gasteiger partial charge on any atom is -0.379 e. The highest BCUT2D eigenvalue weighted by molar-refractivity contribution is 5.97. The van der Waals surface area contributed by atoms with Gasteiger partial charge in [0.25, 0.3) is 0 Å². The molecule has 1 saturated heterocycles. The lowest BCUT2D eigenvalue weighted by atomic mass is 9.99. The molecule has 0 aliphatic carbocycles. The van der Waals surface area contributed by atoms with Crippen LogP contribution in [-0.2, 0) is 4.74 Å². The molecule has 4 heteroatoms. The molecule has 0 spiro atoms. The van der Waals surface area contributed by atoms with Crippen molar-refractivity contribution in [1.82, 2.24) is 9.30 Å². The average Bonchev–Trinajstić information content (AvgIpc) is 3.05. The molecule has 2 aromatic rings. The molecule has 0 N–H and O–H groups in total. The first-order valence-electron chi connectivity index (χ1n) is 9.61. The number of hydrogen-bond acceptors (Lipinski definition) is 3. The Morgan fingerprint density at radius 1 is 1.31 bits per heavy atom. The van der Waals surface area contributed by atoms with Crippen LogP contribution in [0, 0.1) is 6.92 Å². The Morgan fingerprint density at radius 3 is 2.58 bits per heavy atom. The molecule has 1 unspecified atom stereocenters. The third-order valence-corrected chi connectivity index (χ3v) is 5.66. The van der Waals surface area contributed by atoms with Crippen LogP contribution in [0.1, 0.15) is 67.3 Å². The summed E-state index contributed by atoms with van der Waals surface area (Å²) in [5.41, 5.74) is 6.80. The van der Waals surface area contributed by atoms with Crippen LogP contribution in [0.15, 0.2) is 24.4 Å². The first-order valence-corrected chi connectivity index (χ1v) is 9.61. The van der Waals surface area contributed by atoms with Gasteiger partial charge in [-0.25, -0.2) is 0 Å². The Hall–Kier alpha value is -1.91. The quantitative estimate of drug-likeness (QED) is 0.733. The van der Waals surface area contributed by atoms with Crippen LogP contribution < -0.4 is 0 Å². The minimum absolute atomic E-state index is 0.130. The van der Waals surface area contributed by atoms with Gasteiger partial charge in [-0.05, 0) is 62.9 Å². The minimum atomic E-state index is 0.130. The predicted octanol–water partition coefficient (Wildman–Crippen LogP) is 4.66. The molecule has 1 aliphatic heterocycles. The lowest BCUT2D eigenvalue weighted by Crippen LogP contribution is -2.39. The van der Waals surface area contributed by atoms with Gasteiger partial charge in [0.15, 0.2) is 5.78 Å². The highest BCUT2D eigenvalue weighted by atomic mass is 16.5. The Bertz CT molecular complexity index is 841. The number of carbonyl (C=O) groups excluding carboxylic acids is 1. The normalized spacial score (nSPS) is 17.7. The number of aromatic nitrogens is 1. The number of hydrogen-bond donors (Lipinski definition) is 0. The van der Waals surface area contributed by atoms with Gasteiger partial charge in [0.1, 0.15) is 0 Å². The van der Waals surface area contributed by atoms with E-state index in [1.54, 1.807) is 6.92 Å². The van der Waals surface area contributed by atoms with Gasteiger partial charge in [-0.1, -0.05) is 13.0 Å². The average molecular weight is 354 g/mol. The molecule has 0 amide bonds. The highest BCUT2D eigenvalue weighted by Gasteiger charge is 2.24. The number of carbonyl (C=O) groups is 1. The first kappa shape index (κ1) is 18.9. The summed E-state index contributed by atoms with van der Waals surface area (Å²) in [4.78, 5) is 14.7. The second-order valence-corrected chi connectivity index (χ2v) is 7.14. The highest BCUT2D eigenvalue weighted by Crippen LogP contribution is 2.31. The summed E-state index contributed by atoms with van der Waals surface area (Å²) in [5.74, 6) is 0.130. The summed E-state index contributed by atoms with van der Waals surface area (Å²) < 4.78 is 7.81. The molecular weight excluding hydrogens is 324 g/mol. The molecule has 0 saturated carbocycles. The molecule has 2 aromatic heterocycles. The number of ether oxygens (including phenoxy) is 1. The van der Waals surface area contributed by atoms with Crippen molar-refractivity contribution in [2.75, 3.05) is 26.3 Å². The van der Waals surface area contributed by atoms with Gasteiger partial charge < -0.3 is 9.14 Å². The zero-order valence-electron chi connectivity index (χ0n) is 16.6. The standard InChI is InChI=1S/C22H30N2O2/c1-6-18(7-2)19-12-20-13-21(17(5)25)15(3)22(24(20)14-19)16(4)23-8-10-26-11-9-23/h6,12-14,16H,7-11H2,1-5H3/b18-6+. The van der Waals surface area contributed by atoms with Crippen molar-refractivity contribution in [1.29, 1.82) is 0 Å². The van der Waals surface area contributed by atoms with E-state index in [4.69, 9.17) is 4.74 Å². The maximum absolute atomic E-state index is 12.3. The predicted molar refractivity (Wildman–Crippen MR) is 107 cm³/mol. The van der Waals surface area contributed by atoms with Gasteiger partial charge in [0.05, 0.1) is 13.2 Å². The summed E-state index contributed by atoms with van der Waals surface area (Å²) in [6, 6.07) is 4.48. The van der Waals surface area contributed by atoms with Crippen LogP contribution in [0.4, 0.5) is 0 Å². The maximum Gasteiger partial charge on any atom is 0.160 e. The van der Waals surface area contributed by atoms with Gasteiger partial charge in [-0.2, -0.15) is 0 Å². The van der Waals surface area contributed by atoms with Crippen LogP contribution in [0.2, 0.25) is 0 Å². The van der Waals surface area contributed by atoms with Crippen molar-refractivity contribution in [3.63, 3.8) is 0 Å². The number of fused-ring (bicyclic) bond motifs is 1.